The highest BCUT2D eigenvalue weighted by atomic mass is 35.5. The molecule has 2 heterocycles. The number of imidazole rings is 1. The molecule has 6 nitrogen and oxygen atoms in total. The average molecular weight is 405 g/mol. The number of nitrogens with zero attached hydrogens (tertiary/aromatic N) is 3. The van der Waals surface area contributed by atoms with E-state index in [9.17, 15) is 8.42 Å². The first-order chi connectivity index (χ1) is 12.8. The number of rotatable bonds is 3. The van der Waals surface area contributed by atoms with Crippen LogP contribution in [0.3, 0.4) is 0 Å². The zero-order valence-electron chi connectivity index (χ0n) is 15.2. The predicted molar refractivity (Wildman–Crippen MR) is 110 cm³/mol. The third-order valence-electron chi connectivity index (χ3n) is 4.92. The van der Waals surface area contributed by atoms with Crippen LogP contribution in [0.5, 0.6) is 0 Å². The summed E-state index contributed by atoms with van der Waals surface area (Å²) in [5.41, 5.74) is 4.90. The first-order valence-corrected chi connectivity index (χ1v) is 11.0. The number of halogens is 1. The monoisotopic (exact) mass is 404 g/mol. The minimum Gasteiger partial charge on any atom is -0.369 e. The molecule has 1 fully saturated rings. The molecule has 0 spiro atoms. The largest absolute Gasteiger partial charge is 0.369 e. The lowest BCUT2D eigenvalue weighted by Crippen LogP contribution is -2.48. The van der Waals surface area contributed by atoms with Crippen molar-refractivity contribution in [2.24, 2.45) is 0 Å². The number of fused-ring (bicyclic) bond motifs is 1. The molecule has 1 saturated heterocycles. The van der Waals surface area contributed by atoms with Gasteiger partial charge in [0.05, 0.1) is 22.3 Å². The quantitative estimate of drug-likeness (QED) is 0.727. The van der Waals surface area contributed by atoms with Crippen molar-refractivity contribution < 1.29 is 8.42 Å². The van der Waals surface area contributed by atoms with E-state index in [-0.39, 0.29) is 0 Å². The summed E-state index contributed by atoms with van der Waals surface area (Å²) >= 11 is 6.45. The molecule has 4 rings (SSSR count). The Balaban J connectivity index is 1.63. The molecule has 1 aliphatic rings. The Morgan fingerprint density at radius 2 is 1.81 bits per heavy atom. The summed E-state index contributed by atoms with van der Waals surface area (Å²) in [6, 6.07) is 11.9. The van der Waals surface area contributed by atoms with Crippen molar-refractivity contribution in [3.8, 4) is 11.4 Å². The van der Waals surface area contributed by atoms with Gasteiger partial charge in [0.1, 0.15) is 5.82 Å². The van der Waals surface area contributed by atoms with E-state index in [0.717, 1.165) is 28.1 Å². The SMILES string of the molecule is Cc1ccc2nc(-c3cc(N4CCN(S(C)(=O)=O)CC4)ccc3Cl)[nH]c2c1. The van der Waals surface area contributed by atoms with Crippen LogP contribution in [0.2, 0.25) is 5.02 Å². The first-order valence-electron chi connectivity index (χ1n) is 8.77. The zero-order chi connectivity index (χ0) is 19.2. The molecule has 27 heavy (non-hydrogen) atoms. The molecule has 0 bridgehead atoms. The van der Waals surface area contributed by atoms with Gasteiger partial charge in [-0.1, -0.05) is 17.7 Å². The van der Waals surface area contributed by atoms with Crippen molar-refractivity contribution in [1.29, 1.82) is 0 Å². The fraction of sp³-hybridized carbons (Fsp3) is 0.316. The van der Waals surface area contributed by atoms with Gasteiger partial charge in [0, 0.05) is 37.4 Å². The second-order valence-electron chi connectivity index (χ2n) is 6.92. The van der Waals surface area contributed by atoms with Crippen molar-refractivity contribution in [1.82, 2.24) is 14.3 Å². The van der Waals surface area contributed by atoms with E-state index < -0.39 is 10.0 Å². The van der Waals surface area contributed by atoms with Gasteiger partial charge in [0.2, 0.25) is 10.0 Å². The Labute approximate surface area is 163 Å². The Morgan fingerprint density at radius 1 is 1.07 bits per heavy atom. The second-order valence-corrected chi connectivity index (χ2v) is 9.31. The summed E-state index contributed by atoms with van der Waals surface area (Å²) in [5, 5.41) is 0.629. The van der Waals surface area contributed by atoms with Gasteiger partial charge in [-0.05, 0) is 42.8 Å². The van der Waals surface area contributed by atoms with Crippen LogP contribution in [0.25, 0.3) is 22.4 Å². The molecule has 0 atom stereocenters. The van der Waals surface area contributed by atoms with E-state index >= 15 is 0 Å². The van der Waals surface area contributed by atoms with Gasteiger partial charge >= 0.3 is 0 Å². The Hall–Kier alpha value is -2.09. The summed E-state index contributed by atoms with van der Waals surface area (Å²) in [6.07, 6.45) is 1.26. The number of nitrogens with one attached hydrogen (secondary N) is 1. The van der Waals surface area contributed by atoms with Gasteiger partial charge in [-0.25, -0.2) is 13.4 Å². The third kappa shape index (κ3) is 3.67. The molecule has 3 aromatic rings. The van der Waals surface area contributed by atoms with E-state index in [1.807, 2.05) is 37.3 Å². The van der Waals surface area contributed by atoms with E-state index in [2.05, 4.69) is 20.9 Å². The molecule has 8 heteroatoms. The number of anilines is 1. The van der Waals surface area contributed by atoms with Crippen LogP contribution >= 0.6 is 11.6 Å². The number of benzene rings is 2. The molecule has 1 aromatic heterocycles. The van der Waals surface area contributed by atoms with Gasteiger partial charge in [0.15, 0.2) is 0 Å². The van der Waals surface area contributed by atoms with Gasteiger partial charge in [-0.2, -0.15) is 4.31 Å². The maximum atomic E-state index is 11.7. The van der Waals surface area contributed by atoms with Gasteiger partial charge in [-0.15, -0.1) is 0 Å². The van der Waals surface area contributed by atoms with Crippen LogP contribution in [0.15, 0.2) is 36.4 Å². The Morgan fingerprint density at radius 3 is 2.52 bits per heavy atom. The highest BCUT2D eigenvalue weighted by molar-refractivity contribution is 7.88. The number of hydrogen-bond donors (Lipinski definition) is 1. The molecule has 0 aliphatic carbocycles. The molecular weight excluding hydrogens is 384 g/mol. The fourth-order valence-corrected chi connectivity index (χ4v) is 4.45. The first kappa shape index (κ1) is 18.3. The number of piperazine rings is 1. The third-order valence-corrected chi connectivity index (χ3v) is 6.55. The minimum atomic E-state index is -3.14. The molecule has 142 valence electrons. The molecule has 1 N–H and O–H groups in total. The normalized spacial score (nSPS) is 16.2. The molecule has 0 saturated carbocycles. The zero-order valence-corrected chi connectivity index (χ0v) is 16.8. The highest BCUT2D eigenvalue weighted by Gasteiger charge is 2.24. The molecule has 0 radical (unpaired) electrons. The average Bonchev–Trinajstić information content (AvgIpc) is 3.04. The maximum Gasteiger partial charge on any atom is 0.211 e. The topological polar surface area (TPSA) is 69.3 Å². The lowest BCUT2D eigenvalue weighted by Gasteiger charge is -2.35. The van der Waals surface area contributed by atoms with Crippen molar-refractivity contribution >= 4 is 38.3 Å². The number of aromatic amines is 1. The lowest BCUT2D eigenvalue weighted by molar-refractivity contribution is 0.388. The highest BCUT2D eigenvalue weighted by Crippen LogP contribution is 2.32. The van der Waals surface area contributed by atoms with Crippen molar-refractivity contribution in [2.45, 2.75) is 6.92 Å². The van der Waals surface area contributed by atoms with Gasteiger partial charge in [-0.3, -0.25) is 0 Å². The Bertz CT molecular complexity index is 1100. The summed E-state index contributed by atoms with van der Waals surface area (Å²) in [7, 11) is -3.14. The predicted octanol–water partition coefficient (Wildman–Crippen LogP) is 3.27. The van der Waals surface area contributed by atoms with E-state index in [4.69, 9.17) is 11.6 Å². The van der Waals surface area contributed by atoms with Crippen molar-refractivity contribution in [3.05, 3.63) is 47.0 Å². The van der Waals surface area contributed by atoms with E-state index in [1.54, 1.807) is 0 Å². The van der Waals surface area contributed by atoms with Crippen LogP contribution in [0, 0.1) is 6.92 Å². The Kier molecular flexibility index (Phi) is 4.61. The van der Waals surface area contributed by atoms with Crippen molar-refractivity contribution in [3.63, 3.8) is 0 Å². The lowest BCUT2D eigenvalue weighted by atomic mass is 10.1. The summed E-state index contributed by atoms with van der Waals surface area (Å²) in [4.78, 5) is 10.2. The summed E-state index contributed by atoms with van der Waals surface area (Å²) in [5.74, 6) is 0.734. The molecule has 0 amide bonds. The number of aryl methyl sites for hydroxylation is 1. The van der Waals surface area contributed by atoms with Crippen LogP contribution < -0.4 is 4.90 Å². The van der Waals surface area contributed by atoms with Crippen LogP contribution in [-0.2, 0) is 10.0 Å². The standard InChI is InChI=1S/C19H21ClN4O2S/c1-13-3-6-17-18(11-13)22-19(21-17)15-12-14(4-5-16(15)20)23-7-9-24(10-8-23)27(2,25)26/h3-6,11-12H,7-10H2,1-2H3,(H,21,22). The van der Waals surface area contributed by atoms with Gasteiger partial charge < -0.3 is 9.88 Å². The van der Waals surface area contributed by atoms with Crippen LogP contribution in [0.4, 0.5) is 5.69 Å². The summed E-state index contributed by atoms with van der Waals surface area (Å²) in [6.45, 7) is 4.31. The molecular formula is C19H21ClN4O2S. The number of aromatic nitrogens is 2. The number of hydrogen-bond acceptors (Lipinski definition) is 4. The molecule has 2 aromatic carbocycles. The number of H-pyrrole nitrogens is 1. The minimum absolute atomic E-state index is 0.487. The fourth-order valence-electron chi connectivity index (χ4n) is 3.42. The van der Waals surface area contributed by atoms with E-state index in [1.165, 1.54) is 16.1 Å². The molecule has 1 aliphatic heterocycles. The summed E-state index contributed by atoms with van der Waals surface area (Å²) < 4.78 is 24.9. The van der Waals surface area contributed by atoms with Crippen molar-refractivity contribution in [2.75, 3.05) is 37.3 Å². The maximum absolute atomic E-state index is 11.7. The van der Waals surface area contributed by atoms with Crippen LogP contribution in [-0.4, -0.2) is 55.1 Å². The second kappa shape index (κ2) is 6.82. The number of sulfonamides is 1. The van der Waals surface area contributed by atoms with E-state index in [0.29, 0.717) is 31.2 Å². The van der Waals surface area contributed by atoms with Gasteiger partial charge in [0.25, 0.3) is 0 Å². The molecule has 0 unspecified atom stereocenters. The van der Waals surface area contributed by atoms with Crippen LogP contribution in [0.1, 0.15) is 5.56 Å². The smallest absolute Gasteiger partial charge is 0.211 e.